The van der Waals surface area contributed by atoms with E-state index in [2.05, 4.69) is 5.16 Å². The number of oxime groups is 1. The zero-order valence-corrected chi connectivity index (χ0v) is 7.58. The van der Waals surface area contributed by atoms with Crippen molar-refractivity contribution in [1.29, 1.82) is 0 Å². The first kappa shape index (κ1) is 9.48. The van der Waals surface area contributed by atoms with E-state index in [-0.39, 0.29) is 6.10 Å². The van der Waals surface area contributed by atoms with Gasteiger partial charge in [0.1, 0.15) is 12.7 Å². The van der Waals surface area contributed by atoms with E-state index in [1.54, 1.807) is 0 Å². The quantitative estimate of drug-likeness (QED) is 0.468. The lowest BCUT2D eigenvalue weighted by Crippen LogP contribution is -2.34. The molecule has 0 saturated carbocycles. The Kier molecular flexibility index (Phi) is 4.04. The largest absolute Gasteiger partial charge is 0.396 e. The van der Waals surface area contributed by atoms with Crippen molar-refractivity contribution in [2.24, 2.45) is 5.16 Å². The summed E-state index contributed by atoms with van der Waals surface area (Å²) in [5.74, 6) is 0. The van der Waals surface area contributed by atoms with E-state index in [1.165, 1.54) is 0 Å². The lowest BCUT2D eigenvalue weighted by molar-refractivity contribution is -0.0608. The molecule has 12 heavy (non-hydrogen) atoms. The van der Waals surface area contributed by atoms with Crippen LogP contribution in [-0.4, -0.2) is 38.2 Å². The first-order valence-electron chi connectivity index (χ1n) is 4.20. The fourth-order valence-corrected chi connectivity index (χ4v) is 0.954. The number of hydrogen-bond acceptors (Lipinski definition) is 4. The van der Waals surface area contributed by atoms with Gasteiger partial charge >= 0.3 is 0 Å². The Morgan fingerprint density at radius 1 is 1.58 bits per heavy atom. The number of nitrogens with zero attached hydrogens (tertiary/aromatic N) is 1. The van der Waals surface area contributed by atoms with Crippen molar-refractivity contribution in [2.75, 3.05) is 26.4 Å². The molecular weight excluding hydrogens is 158 g/mol. The highest BCUT2D eigenvalue weighted by Crippen LogP contribution is 2.03. The molecule has 1 saturated heterocycles. The number of rotatable bonds is 3. The van der Waals surface area contributed by atoms with Crippen LogP contribution in [0.25, 0.3) is 0 Å². The SMILES string of the molecule is CCO/N=C(\C)C1COCCO1. The van der Waals surface area contributed by atoms with Crippen LogP contribution in [0.15, 0.2) is 5.16 Å². The van der Waals surface area contributed by atoms with Crippen LogP contribution in [0.2, 0.25) is 0 Å². The van der Waals surface area contributed by atoms with Gasteiger partial charge in [0.15, 0.2) is 0 Å². The summed E-state index contributed by atoms with van der Waals surface area (Å²) >= 11 is 0. The predicted molar refractivity (Wildman–Crippen MR) is 45.3 cm³/mol. The fourth-order valence-electron chi connectivity index (χ4n) is 0.954. The van der Waals surface area contributed by atoms with Crippen molar-refractivity contribution in [3.05, 3.63) is 0 Å². The maximum atomic E-state index is 5.40. The monoisotopic (exact) mass is 173 g/mol. The van der Waals surface area contributed by atoms with Crippen LogP contribution in [0.1, 0.15) is 13.8 Å². The van der Waals surface area contributed by atoms with E-state index in [0.29, 0.717) is 26.4 Å². The molecule has 0 aromatic heterocycles. The second-order valence-electron chi connectivity index (χ2n) is 2.58. The van der Waals surface area contributed by atoms with Gasteiger partial charge in [-0.3, -0.25) is 0 Å². The molecule has 1 rings (SSSR count). The van der Waals surface area contributed by atoms with Crippen LogP contribution >= 0.6 is 0 Å². The molecule has 4 nitrogen and oxygen atoms in total. The average Bonchev–Trinajstić information content (AvgIpc) is 2.15. The van der Waals surface area contributed by atoms with Crippen molar-refractivity contribution < 1.29 is 14.3 Å². The third-order valence-electron chi connectivity index (χ3n) is 1.62. The predicted octanol–water partition coefficient (Wildman–Crippen LogP) is 0.814. The van der Waals surface area contributed by atoms with E-state index >= 15 is 0 Å². The molecule has 0 amide bonds. The van der Waals surface area contributed by atoms with Gasteiger partial charge in [0.05, 0.1) is 25.5 Å². The maximum Gasteiger partial charge on any atom is 0.122 e. The maximum absolute atomic E-state index is 5.40. The summed E-state index contributed by atoms with van der Waals surface area (Å²) in [4.78, 5) is 4.90. The third-order valence-corrected chi connectivity index (χ3v) is 1.62. The highest BCUT2D eigenvalue weighted by atomic mass is 16.6. The fraction of sp³-hybridized carbons (Fsp3) is 0.875. The van der Waals surface area contributed by atoms with E-state index in [4.69, 9.17) is 14.3 Å². The van der Waals surface area contributed by atoms with Crippen LogP contribution in [0, 0.1) is 0 Å². The summed E-state index contributed by atoms with van der Waals surface area (Å²) in [6.45, 7) is 6.28. The van der Waals surface area contributed by atoms with Gasteiger partial charge in [-0.1, -0.05) is 5.16 Å². The normalized spacial score (nSPS) is 25.5. The van der Waals surface area contributed by atoms with E-state index in [0.717, 1.165) is 5.71 Å². The minimum atomic E-state index is -0.0229. The highest BCUT2D eigenvalue weighted by molar-refractivity contribution is 5.86. The summed E-state index contributed by atoms with van der Waals surface area (Å²) in [7, 11) is 0. The van der Waals surface area contributed by atoms with Gasteiger partial charge in [0, 0.05) is 0 Å². The molecule has 1 aliphatic heterocycles. The summed E-state index contributed by atoms with van der Waals surface area (Å²) in [5, 5.41) is 3.88. The van der Waals surface area contributed by atoms with Crippen LogP contribution < -0.4 is 0 Å². The second-order valence-corrected chi connectivity index (χ2v) is 2.58. The second kappa shape index (κ2) is 5.11. The Balaban J connectivity index is 2.33. The van der Waals surface area contributed by atoms with Gasteiger partial charge in [-0.2, -0.15) is 0 Å². The van der Waals surface area contributed by atoms with E-state index < -0.39 is 0 Å². The van der Waals surface area contributed by atoms with Gasteiger partial charge in [-0.25, -0.2) is 0 Å². The van der Waals surface area contributed by atoms with Crippen molar-refractivity contribution in [2.45, 2.75) is 20.0 Å². The van der Waals surface area contributed by atoms with E-state index in [9.17, 15) is 0 Å². The first-order valence-corrected chi connectivity index (χ1v) is 4.20. The third kappa shape index (κ3) is 2.79. The summed E-state index contributed by atoms with van der Waals surface area (Å²) in [6.07, 6.45) is -0.0229. The molecule has 0 bridgehead atoms. The Hall–Kier alpha value is -0.610. The Labute approximate surface area is 72.5 Å². The molecule has 1 unspecified atom stereocenters. The van der Waals surface area contributed by atoms with Crippen molar-refractivity contribution in [3.8, 4) is 0 Å². The Morgan fingerprint density at radius 2 is 2.42 bits per heavy atom. The molecule has 0 N–H and O–H groups in total. The Morgan fingerprint density at radius 3 is 3.00 bits per heavy atom. The topological polar surface area (TPSA) is 40.0 Å². The minimum Gasteiger partial charge on any atom is -0.396 e. The van der Waals surface area contributed by atoms with Gasteiger partial charge in [0.25, 0.3) is 0 Å². The Bertz CT molecular complexity index is 152. The molecule has 0 radical (unpaired) electrons. The van der Waals surface area contributed by atoms with Gasteiger partial charge < -0.3 is 14.3 Å². The molecule has 1 fully saturated rings. The summed E-state index contributed by atoms with van der Waals surface area (Å²) in [6, 6.07) is 0. The van der Waals surface area contributed by atoms with Crippen molar-refractivity contribution in [1.82, 2.24) is 0 Å². The molecule has 70 valence electrons. The molecule has 1 atom stereocenters. The average molecular weight is 173 g/mol. The number of hydrogen-bond donors (Lipinski definition) is 0. The lowest BCUT2D eigenvalue weighted by atomic mass is 10.2. The molecule has 0 aromatic rings. The molecule has 1 heterocycles. The standard InChI is InChI=1S/C8H15NO3/c1-3-12-9-7(2)8-6-10-4-5-11-8/h8H,3-6H2,1-2H3/b9-7+. The van der Waals surface area contributed by atoms with Crippen molar-refractivity contribution >= 4 is 5.71 Å². The van der Waals surface area contributed by atoms with Gasteiger partial charge in [0.2, 0.25) is 0 Å². The van der Waals surface area contributed by atoms with Crippen LogP contribution in [0.3, 0.4) is 0 Å². The first-order chi connectivity index (χ1) is 5.84. The zero-order chi connectivity index (χ0) is 8.81. The van der Waals surface area contributed by atoms with E-state index in [1.807, 2.05) is 13.8 Å². The molecule has 4 heteroatoms. The summed E-state index contributed by atoms with van der Waals surface area (Å²) in [5.41, 5.74) is 0.844. The smallest absolute Gasteiger partial charge is 0.122 e. The molecule has 0 aromatic carbocycles. The zero-order valence-electron chi connectivity index (χ0n) is 7.58. The molecule has 0 aliphatic carbocycles. The summed E-state index contributed by atoms with van der Waals surface area (Å²) < 4.78 is 10.6. The molecule has 1 aliphatic rings. The lowest BCUT2D eigenvalue weighted by Gasteiger charge is -2.22. The van der Waals surface area contributed by atoms with Crippen LogP contribution in [0.4, 0.5) is 0 Å². The highest BCUT2D eigenvalue weighted by Gasteiger charge is 2.17. The van der Waals surface area contributed by atoms with Crippen LogP contribution in [-0.2, 0) is 14.3 Å². The van der Waals surface area contributed by atoms with Crippen molar-refractivity contribution in [3.63, 3.8) is 0 Å². The van der Waals surface area contributed by atoms with Crippen LogP contribution in [0.5, 0.6) is 0 Å². The number of ether oxygens (including phenoxy) is 2. The van der Waals surface area contributed by atoms with Gasteiger partial charge in [-0.15, -0.1) is 0 Å². The van der Waals surface area contributed by atoms with Gasteiger partial charge in [-0.05, 0) is 13.8 Å². The minimum absolute atomic E-state index is 0.0229. The molecular formula is C8H15NO3. The molecule has 0 spiro atoms.